The first-order valence-electron chi connectivity index (χ1n) is 7.96. The summed E-state index contributed by atoms with van der Waals surface area (Å²) in [5.41, 5.74) is -1.68. The van der Waals surface area contributed by atoms with E-state index in [4.69, 9.17) is 4.74 Å². The standard InChI is InChI=1S/C15H16F3N5O2/c1-25-12(24)14-4-2-3-9(14)6-22(7-14)11-5-10(15(16,17)18)21-13-19-8-20-23(11)13/h5,8-9H,2-4,6-7H2,1H3. The van der Waals surface area contributed by atoms with Crippen LogP contribution >= 0.6 is 0 Å². The van der Waals surface area contributed by atoms with E-state index in [-0.39, 0.29) is 23.5 Å². The van der Waals surface area contributed by atoms with Crippen molar-refractivity contribution in [1.29, 1.82) is 0 Å². The second kappa shape index (κ2) is 5.30. The van der Waals surface area contributed by atoms with Crippen LogP contribution in [-0.2, 0) is 15.7 Å². The van der Waals surface area contributed by atoms with Gasteiger partial charge in [-0.3, -0.25) is 4.79 Å². The van der Waals surface area contributed by atoms with E-state index in [1.54, 1.807) is 4.90 Å². The first-order valence-corrected chi connectivity index (χ1v) is 7.96. The van der Waals surface area contributed by atoms with Crippen LogP contribution in [0.5, 0.6) is 0 Å². The molecule has 0 N–H and O–H groups in total. The molecule has 0 aromatic carbocycles. The lowest BCUT2D eigenvalue weighted by Gasteiger charge is -2.26. The van der Waals surface area contributed by atoms with Gasteiger partial charge in [0, 0.05) is 19.2 Å². The lowest BCUT2D eigenvalue weighted by Crippen LogP contribution is -2.37. The number of esters is 1. The van der Waals surface area contributed by atoms with E-state index in [9.17, 15) is 18.0 Å². The third-order valence-electron chi connectivity index (χ3n) is 5.31. The molecule has 134 valence electrons. The van der Waals surface area contributed by atoms with Gasteiger partial charge in [-0.2, -0.15) is 27.8 Å². The normalized spacial score (nSPS) is 26.2. The molecule has 2 aliphatic rings. The third kappa shape index (κ3) is 2.34. The Kier molecular flexibility index (Phi) is 3.41. The van der Waals surface area contributed by atoms with E-state index in [1.807, 2.05) is 0 Å². The zero-order valence-electron chi connectivity index (χ0n) is 13.5. The Bertz CT molecular complexity index is 836. The number of alkyl halides is 3. The zero-order chi connectivity index (χ0) is 17.8. The van der Waals surface area contributed by atoms with Gasteiger partial charge in [-0.15, -0.1) is 0 Å². The molecule has 1 saturated heterocycles. The fourth-order valence-electron chi connectivity index (χ4n) is 4.17. The van der Waals surface area contributed by atoms with Crippen LogP contribution in [0.1, 0.15) is 25.0 Å². The molecule has 25 heavy (non-hydrogen) atoms. The van der Waals surface area contributed by atoms with Gasteiger partial charge < -0.3 is 9.64 Å². The van der Waals surface area contributed by atoms with Crippen LogP contribution in [-0.4, -0.2) is 45.8 Å². The molecule has 1 aliphatic heterocycles. The van der Waals surface area contributed by atoms with Crippen LogP contribution in [0.4, 0.5) is 19.0 Å². The molecule has 0 spiro atoms. The maximum Gasteiger partial charge on any atom is 0.433 e. The number of carbonyl (C=O) groups excluding carboxylic acids is 1. The lowest BCUT2D eigenvalue weighted by molar-refractivity contribution is -0.153. The van der Waals surface area contributed by atoms with Crippen molar-refractivity contribution in [3.05, 3.63) is 18.1 Å². The van der Waals surface area contributed by atoms with Gasteiger partial charge in [-0.1, -0.05) is 6.42 Å². The molecule has 2 fully saturated rings. The third-order valence-corrected chi connectivity index (χ3v) is 5.31. The molecule has 0 bridgehead atoms. The zero-order valence-corrected chi connectivity index (χ0v) is 13.5. The molecule has 1 aliphatic carbocycles. The number of fused-ring (bicyclic) bond motifs is 2. The van der Waals surface area contributed by atoms with Crippen molar-refractivity contribution in [3.8, 4) is 0 Å². The van der Waals surface area contributed by atoms with Gasteiger partial charge in [0.05, 0.1) is 12.5 Å². The molecule has 2 aromatic rings. The number of hydrogen-bond donors (Lipinski definition) is 0. The molecule has 0 radical (unpaired) electrons. The van der Waals surface area contributed by atoms with Crippen LogP contribution in [0.3, 0.4) is 0 Å². The summed E-state index contributed by atoms with van der Waals surface area (Å²) in [6, 6.07) is 0.966. The first kappa shape index (κ1) is 16.1. The summed E-state index contributed by atoms with van der Waals surface area (Å²) in [4.78, 5) is 21.4. The number of carbonyl (C=O) groups is 1. The van der Waals surface area contributed by atoms with Crippen LogP contribution in [0.2, 0.25) is 0 Å². The predicted octanol–water partition coefficient (Wildman–Crippen LogP) is 1.92. The molecule has 4 rings (SSSR count). The number of nitrogens with zero attached hydrogens (tertiary/aromatic N) is 5. The van der Waals surface area contributed by atoms with Gasteiger partial charge in [0.25, 0.3) is 5.78 Å². The van der Waals surface area contributed by atoms with Gasteiger partial charge in [0.2, 0.25) is 0 Å². The summed E-state index contributed by atoms with van der Waals surface area (Å²) in [5, 5.41) is 3.99. The number of anilines is 1. The fourth-order valence-corrected chi connectivity index (χ4v) is 4.17. The largest absolute Gasteiger partial charge is 0.469 e. The van der Waals surface area contributed by atoms with Crippen molar-refractivity contribution in [2.24, 2.45) is 11.3 Å². The number of aromatic nitrogens is 4. The van der Waals surface area contributed by atoms with E-state index in [0.717, 1.165) is 18.9 Å². The maximum atomic E-state index is 13.2. The molecule has 2 aromatic heterocycles. The highest BCUT2D eigenvalue weighted by Crippen LogP contribution is 2.50. The van der Waals surface area contributed by atoms with E-state index in [2.05, 4.69) is 15.1 Å². The molecule has 3 heterocycles. The molecule has 7 nitrogen and oxygen atoms in total. The number of hydrogen-bond acceptors (Lipinski definition) is 6. The quantitative estimate of drug-likeness (QED) is 0.767. The molecule has 2 unspecified atom stereocenters. The molecule has 10 heteroatoms. The summed E-state index contributed by atoms with van der Waals surface area (Å²) < 4.78 is 45.8. The van der Waals surface area contributed by atoms with Gasteiger partial charge in [0.1, 0.15) is 12.1 Å². The average molecular weight is 355 g/mol. The average Bonchev–Trinajstić information content (AvgIpc) is 3.25. The fraction of sp³-hybridized carbons (Fsp3) is 0.600. The molecule has 2 atom stereocenters. The summed E-state index contributed by atoms with van der Waals surface area (Å²) >= 11 is 0. The van der Waals surface area contributed by atoms with Gasteiger partial charge in [-0.05, 0) is 18.8 Å². The SMILES string of the molecule is COC(=O)C12CCCC1CN(c1cc(C(F)(F)F)nc3ncnn13)C2. The second-order valence-electron chi connectivity index (χ2n) is 6.59. The Balaban J connectivity index is 1.78. The van der Waals surface area contributed by atoms with Crippen molar-refractivity contribution in [3.63, 3.8) is 0 Å². The van der Waals surface area contributed by atoms with Crippen LogP contribution in [0, 0.1) is 11.3 Å². The Morgan fingerprint density at radius 3 is 2.96 bits per heavy atom. The first-order chi connectivity index (χ1) is 11.8. The Morgan fingerprint density at radius 2 is 2.24 bits per heavy atom. The van der Waals surface area contributed by atoms with Crippen LogP contribution in [0.25, 0.3) is 5.78 Å². The predicted molar refractivity (Wildman–Crippen MR) is 79.8 cm³/mol. The van der Waals surface area contributed by atoms with Crippen molar-refractivity contribution >= 4 is 17.6 Å². The smallest absolute Gasteiger partial charge is 0.433 e. The summed E-state index contributed by atoms with van der Waals surface area (Å²) in [5.74, 6) is -0.111. The van der Waals surface area contributed by atoms with Crippen molar-refractivity contribution in [2.75, 3.05) is 25.1 Å². The highest BCUT2D eigenvalue weighted by atomic mass is 19.4. The molecule has 1 saturated carbocycles. The molecule has 0 amide bonds. The van der Waals surface area contributed by atoms with Crippen LogP contribution < -0.4 is 4.90 Å². The summed E-state index contributed by atoms with van der Waals surface area (Å²) in [7, 11) is 1.35. The topological polar surface area (TPSA) is 72.6 Å². The molecular weight excluding hydrogens is 339 g/mol. The Hall–Kier alpha value is -2.39. The highest BCUT2D eigenvalue weighted by molar-refractivity contribution is 5.79. The van der Waals surface area contributed by atoms with Crippen molar-refractivity contribution < 1.29 is 22.7 Å². The number of methoxy groups -OCH3 is 1. The van der Waals surface area contributed by atoms with E-state index < -0.39 is 17.3 Å². The monoisotopic (exact) mass is 355 g/mol. The minimum atomic E-state index is -4.59. The van der Waals surface area contributed by atoms with Gasteiger partial charge >= 0.3 is 12.1 Å². The maximum absolute atomic E-state index is 13.2. The molecular formula is C15H16F3N5O2. The van der Waals surface area contributed by atoms with Gasteiger partial charge in [-0.25, -0.2) is 4.98 Å². The lowest BCUT2D eigenvalue weighted by atomic mass is 9.81. The Morgan fingerprint density at radius 1 is 1.44 bits per heavy atom. The Labute approximate surface area is 140 Å². The van der Waals surface area contributed by atoms with Crippen LogP contribution in [0.15, 0.2) is 12.4 Å². The second-order valence-corrected chi connectivity index (χ2v) is 6.59. The van der Waals surface area contributed by atoms with E-state index in [0.29, 0.717) is 19.5 Å². The minimum Gasteiger partial charge on any atom is -0.469 e. The minimum absolute atomic E-state index is 0.0565. The van der Waals surface area contributed by atoms with Gasteiger partial charge in [0.15, 0.2) is 5.69 Å². The summed E-state index contributed by atoms with van der Waals surface area (Å²) in [6.45, 7) is 0.784. The van der Waals surface area contributed by atoms with Crippen molar-refractivity contribution in [2.45, 2.75) is 25.4 Å². The van der Waals surface area contributed by atoms with Crippen molar-refractivity contribution in [1.82, 2.24) is 19.6 Å². The highest BCUT2D eigenvalue weighted by Gasteiger charge is 2.56. The number of rotatable bonds is 2. The number of ether oxygens (including phenoxy) is 1. The number of halogens is 3. The summed E-state index contributed by atoms with van der Waals surface area (Å²) in [6.07, 6.45) is -0.977. The van der Waals surface area contributed by atoms with E-state index in [1.165, 1.54) is 18.0 Å². The van der Waals surface area contributed by atoms with E-state index >= 15 is 0 Å².